The van der Waals surface area contributed by atoms with Crippen molar-refractivity contribution in [2.24, 2.45) is 0 Å². The normalized spacial score (nSPS) is 10.4. The van der Waals surface area contributed by atoms with Gasteiger partial charge in [0.1, 0.15) is 12.3 Å². The SMILES string of the molecule is CCCOC(=O)c1c(C)[nH]c(C(=O)OCc2ccccc2)c1C. The molecular weight excluding hydrogens is 294 g/mol. The summed E-state index contributed by atoms with van der Waals surface area (Å²) in [6.45, 7) is 5.93. The van der Waals surface area contributed by atoms with Crippen molar-refractivity contribution in [1.82, 2.24) is 4.98 Å². The Balaban J connectivity index is 2.10. The van der Waals surface area contributed by atoms with E-state index in [-0.39, 0.29) is 6.61 Å². The lowest BCUT2D eigenvalue weighted by Crippen LogP contribution is -2.10. The van der Waals surface area contributed by atoms with E-state index in [1.54, 1.807) is 13.8 Å². The number of hydrogen-bond acceptors (Lipinski definition) is 4. The predicted octanol–water partition coefficient (Wildman–Crippen LogP) is 3.56. The Morgan fingerprint density at radius 2 is 1.74 bits per heavy atom. The van der Waals surface area contributed by atoms with Gasteiger partial charge in [-0.2, -0.15) is 0 Å². The lowest BCUT2D eigenvalue weighted by Gasteiger charge is -2.05. The van der Waals surface area contributed by atoms with Crippen molar-refractivity contribution in [3.05, 3.63) is 58.4 Å². The minimum Gasteiger partial charge on any atom is -0.462 e. The monoisotopic (exact) mass is 315 g/mol. The molecule has 23 heavy (non-hydrogen) atoms. The molecule has 1 N–H and O–H groups in total. The van der Waals surface area contributed by atoms with Gasteiger partial charge in [0.05, 0.1) is 12.2 Å². The van der Waals surface area contributed by atoms with Crippen LogP contribution in [0, 0.1) is 13.8 Å². The van der Waals surface area contributed by atoms with E-state index >= 15 is 0 Å². The Hall–Kier alpha value is -2.56. The fourth-order valence-electron chi connectivity index (χ4n) is 2.32. The molecule has 0 unspecified atom stereocenters. The molecule has 1 aromatic carbocycles. The number of aryl methyl sites for hydroxylation is 1. The summed E-state index contributed by atoms with van der Waals surface area (Å²) in [6, 6.07) is 9.43. The third kappa shape index (κ3) is 4.00. The molecule has 0 radical (unpaired) electrons. The summed E-state index contributed by atoms with van der Waals surface area (Å²) in [6.07, 6.45) is 0.750. The van der Waals surface area contributed by atoms with Gasteiger partial charge in [0, 0.05) is 5.69 Å². The summed E-state index contributed by atoms with van der Waals surface area (Å²) >= 11 is 0. The largest absolute Gasteiger partial charge is 0.462 e. The smallest absolute Gasteiger partial charge is 0.355 e. The summed E-state index contributed by atoms with van der Waals surface area (Å²) in [7, 11) is 0. The number of ether oxygens (including phenoxy) is 2. The highest BCUT2D eigenvalue weighted by Gasteiger charge is 2.23. The van der Waals surface area contributed by atoms with Crippen LogP contribution in [0.3, 0.4) is 0 Å². The number of H-pyrrole nitrogens is 1. The number of carbonyl (C=O) groups excluding carboxylic acids is 2. The van der Waals surface area contributed by atoms with Gasteiger partial charge < -0.3 is 14.5 Å². The molecule has 0 aliphatic heterocycles. The summed E-state index contributed by atoms with van der Waals surface area (Å²) < 4.78 is 10.5. The fraction of sp³-hybridized carbons (Fsp3) is 0.333. The standard InChI is InChI=1S/C18H21NO4/c1-4-10-22-17(20)15-12(2)16(19-13(15)3)18(21)23-11-14-8-6-5-7-9-14/h5-9,19H,4,10-11H2,1-3H3. The summed E-state index contributed by atoms with van der Waals surface area (Å²) in [4.78, 5) is 27.2. The second-order valence-corrected chi connectivity index (χ2v) is 5.32. The van der Waals surface area contributed by atoms with E-state index in [4.69, 9.17) is 9.47 Å². The van der Waals surface area contributed by atoms with Gasteiger partial charge in [0.25, 0.3) is 0 Å². The minimum absolute atomic E-state index is 0.187. The van der Waals surface area contributed by atoms with Gasteiger partial charge in [0.15, 0.2) is 0 Å². The third-order valence-electron chi connectivity index (χ3n) is 3.50. The van der Waals surface area contributed by atoms with Gasteiger partial charge in [-0.15, -0.1) is 0 Å². The first-order valence-corrected chi connectivity index (χ1v) is 7.62. The highest BCUT2D eigenvalue weighted by Crippen LogP contribution is 2.20. The Labute approximate surface area is 135 Å². The summed E-state index contributed by atoms with van der Waals surface area (Å²) in [5.74, 6) is -0.899. The first-order valence-electron chi connectivity index (χ1n) is 7.62. The number of benzene rings is 1. The molecule has 0 aliphatic carbocycles. The Bertz CT molecular complexity index is 689. The topological polar surface area (TPSA) is 68.4 Å². The first-order chi connectivity index (χ1) is 11.0. The molecule has 0 saturated carbocycles. The van der Waals surface area contributed by atoms with Crippen LogP contribution in [0.5, 0.6) is 0 Å². The zero-order valence-electron chi connectivity index (χ0n) is 13.6. The van der Waals surface area contributed by atoms with Crippen LogP contribution >= 0.6 is 0 Å². The molecule has 0 saturated heterocycles. The van der Waals surface area contributed by atoms with Crippen molar-refractivity contribution in [2.45, 2.75) is 33.8 Å². The number of nitrogens with one attached hydrogen (secondary N) is 1. The van der Waals surface area contributed by atoms with Crippen molar-refractivity contribution in [3.63, 3.8) is 0 Å². The van der Waals surface area contributed by atoms with E-state index in [2.05, 4.69) is 4.98 Å². The number of esters is 2. The molecule has 2 aromatic rings. The average molecular weight is 315 g/mol. The van der Waals surface area contributed by atoms with Crippen molar-refractivity contribution in [1.29, 1.82) is 0 Å². The zero-order chi connectivity index (χ0) is 16.8. The second kappa shape index (κ2) is 7.63. The van der Waals surface area contributed by atoms with Gasteiger partial charge >= 0.3 is 11.9 Å². The van der Waals surface area contributed by atoms with Crippen molar-refractivity contribution < 1.29 is 19.1 Å². The molecule has 122 valence electrons. The molecule has 0 spiro atoms. The molecule has 5 nitrogen and oxygen atoms in total. The van der Waals surface area contributed by atoms with Crippen molar-refractivity contribution in [2.75, 3.05) is 6.61 Å². The predicted molar refractivity (Wildman–Crippen MR) is 86.4 cm³/mol. The van der Waals surface area contributed by atoms with Crippen LogP contribution in [-0.2, 0) is 16.1 Å². The molecule has 0 bridgehead atoms. The van der Waals surface area contributed by atoms with Gasteiger partial charge in [-0.3, -0.25) is 0 Å². The maximum atomic E-state index is 12.2. The van der Waals surface area contributed by atoms with Crippen molar-refractivity contribution in [3.8, 4) is 0 Å². The zero-order valence-corrected chi connectivity index (χ0v) is 13.6. The van der Waals surface area contributed by atoms with Gasteiger partial charge in [0.2, 0.25) is 0 Å². The molecule has 1 heterocycles. The molecular formula is C18H21NO4. The summed E-state index contributed by atoms with van der Waals surface area (Å²) in [5.41, 5.74) is 2.77. The van der Waals surface area contributed by atoms with E-state index in [9.17, 15) is 9.59 Å². The van der Waals surface area contributed by atoms with Crippen LogP contribution in [-0.4, -0.2) is 23.5 Å². The number of aromatic nitrogens is 1. The number of hydrogen-bond donors (Lipinski definition) is 1. The van der Waals surface area contributed by atoms with Crippen LogP contribution in [0.25, 0.3) is 0 Å². The highest BCUT2D eigenvalue weighted by molar-refractivity contribution is 5.98. The van der Waals surface area contributed by atoms with Crippen LogP contribution in [0.15, 0.2) is 30.3 Å². The van der Waals surface area contributed by atoms with Gasteiger partial charge in [-0.1, -0.05) is 37.3 Å². The molecule has 0 aliphatic rings. The minimum atomic E-state index is -0.482. The van der Waals surface area contributed by atoms with E-state index in [1.165, 1.54) is 0 Å². The van der Waals surface area contributed by atoms with E-state index in [1.807, 2.05) is 37.3 Å². The average Bonchev–Trinajstić information content (AvgIpc) is 2.86. The van der Waals surface area contributed by atoms with E-state index in [0.717, 1.165) is 12.0 Å². The molecule has 2 rings (SSSR count). The molecule has 0 fully saturated rings. The molecule has 0 amide bonds. The van der Waals surface area contributed by atoms with Crippen molar-refractivity contribution >= 4 is 11.9 Å². The van der Waals surface area contributed by atoms with Crippen LogP contribution in [0.2, 0.25) is 0 Å². The van der Waals surface area contributed by atoms with Crippen LogP contribution in [0.1, 0.15) is 51.0 Å². The number of aromatic amines is 1. The molecule has 0 atom stereocenters. The van der Waals surface area contributed by atoms with Crippen LogP contribution < -0.4 is 0 Å². The van der Waals surface area contributed by atoms with E-state index < -0.39 is 11.9 Å². The lowest BCUT2D eigenvalue weighted by molar-refractivity contribution is 0.0465. The van der Waals surface area contributed by atoms with Gasteiger partial charge in [-0.25, -0.2) is 9.59 Å². The number of carbonyl (C=O) groups is 2. The molecule has 1 aromatic heterocycles. The van der Waals surface area contributed by atoms with Crippen LogP contribution in [0.4, 0.5) is 0 Å². The Morgan fingerprint density at radius 1 is 1.04 bits per heavy atom. The first kappa shape index (κ1) is 16.8. The molecule has 5 heteroatoms. The third-order valence-corrected chi connectivity index (χ3v) is 3.50. The fourth-order valence-corrected chi connectivity index (χ4v) is 2.32. The van der Waals surface area contributed by atoms with E-state index in [0.29, 0.717) is 29.1 Å². The van der Waals surface area contributed by atoms with Gasteiger partial charge in [-0.05, 0) is 31.4 Å². The number of rotatable bonds is 6. The summed E-state index contributed by atoms with van der Waals surface area (Å²) in [5, 5.41) is 0. The maximum absolute atomic E-state index is 12.2. The Kier molecular flexibility index (Phi) is 5.57. The maximum Gasteiger partial charge on any atom is 0.355 e. The lowest BCUT2D eigenvalue weighted by atomic mass is 10.1. The quantitative estimate of drug-likeness (QED) is 0.828. The highest BCUT2D eigenvalue weighted by atomic mass is 16.5. The second-order valence-electron chi connectivity index (χ2n) is 5.32. The Morgan fingerprint density at radius 3 is 2.39 bits per heavy atom.